The Morgan fingerprint density at radius 3 is 1.02 bits per heavy atom. The minimum atomic E-state index is -0.795. The smallest absolute Gasteiger partial charge is 0.303 e. The zero-order chi connectivity index (χ0) is 34.7. The number of ether oxygens (including phenoxy) is 4. The van der Waals surface area contributed by atoms with Crippen LogP contribution in [0.25, 0.3) is 0 Å². The van der Waals surface area contributed by atoms with Gasteiger partial charge in [0.05, 0.1) is 39.6 Å². The van der Waals surface area contributed by atoms with Crippen molar-refractivity contribution in [3.8, 4) is 0 Å². The van der Waals surface area contributed by atoms with Crippen molar-refractivity contribution in [1.82, 2.24) is 0 Å². The Hall–Kier alpha value is -2.16. The molecule has 0 heterocycles. The number of hydrogen-bond acceptors (Lipinski definition) is 10. The van der Waals surface area contributed by atoms with Crippen LogP contribution in [0.1, 0.15) is 129 Å². The zero-order valence-corrected chi connectivity index (χ0v) is 28.2. The molecular weight excluding hydrogens is 588 g/mol. The average molecular weight is 655 g/mol. The van der Waals surface area contributed by atoms with Gasteiger partial charge < -0.3 is 44.9 Å². The van der Waals surface area contributed by atoms with Crippen molar-refractivity contribution in [2.24, 2.45) is 11.6 Å². The maximum atomic E-state index is 10.4. The minimum absolute atomic E-state index is 0.139. The molecule has 0 aliphatic heterocycles. The van der Waals surface area contributed by atoms with Crippen LogP contribution in [-0.4, -0.2) is 92.4 Å². The lowest BCUT2D eigenvalue weighted by molar-refractivity contribution is -0.138. The number of carboxylic acid groups (broad SMARTS) is 2. The van der Waals surface area contributed by atoms with Crippen LogP contribution in [0.4, 0.5) is 0 Å². The van der Waals surface area contributed by atoms with Crippen LogP contribution in [0.5, 0.6) is 0 Å². The third-order valence-electron chi connectivity index (χ3n) is 6.22. The van der Waals surface area contributed by atoms with Crippen LogP contribution in [0, 0.1) is 0 Å². The van der Waals surface area contributed by atoms with Gasteiger partial charge >= 0.3 is 11.9 Å². The predicted molar refractivity (Wildman–Crippen MR) is 174 cm³/mol. The molecule has 0 aromatic rings. The predicted octanol–water partition coefficient (Wildman–Crippen LogP) is 5.27. The van der Waals surface area contributed by atoms with Gasteiger partial charge in [-0.3, -0.25) is 14.4 Å². The summed E-state index contributed by atoms with van der Waals surface area (Å²) in [6.07, 6.45) is 19.1. The monoisotopic (exact) mass is 654 g/mol. The first-order valence-corrected chi connectivity index (χ1v) is 16.5. The van der Waals surface area contributed by atoms with Crippen molar-refractivity contribution >= 4 is 24.1 Å². The summed E-state index contributed by atoms with van der Waals surface area (Å²) < 4.78 is 21.7. The lowest BCUT2D eigenvalue weighted by atomic mass is 10.0. The molecule has 0 aromatic carbocycles. The van der Waals surface area contributed by atoms with Gasteiger partial charge in [0.2, 0.25) is 6.41 Å². The van der Waals surface area contributed by atoms with Crippen molar-refractivity contribution in [3.63, 3.8) is 0 Å². The Kier molecular flexibility index (Phi) is 53.8. The number of Topliss-reactive ketones (excluding diaryl/α,β-unsaturated/α-hetero) is 1. The Balaban J connectivity index is -0.000000732. The number of unbranched alkanes of at least 4 members (excludes halogenated alkanes) is 13. The molecule has 0 aliphatic rings. The summed E-state index contributed by atoms with van der Waals surface area (Å²) in [5.41, 5.74) is 4.17. The topological polar surface area (TPSA) is 218 Å². The van der Waals surface area contributed by atoms with E-state index in [1.165, 1.54) is 70.6 Å². The van der Waals surface area contributed by atoms with Gasteiger partial charge in [-0.05, 0) is 26.2 Å². The van der Waals surface area contributed by atoms with Crippen molar-refractivity contribution in [1.29, 1.82) is 0 Å². The zero-order valence-electron chi connectivity index (χ0n) is 28.2. The molecule has 0 fully saturated rings. The first-order valence-electron chi connectivity index (χ1n) is 16.5. The molecule has 0 radical (unpaired) electrons. The number of amides is 1. The normalized spacial score (nSPS) is 9.96. The Morgan fingerprint density at radius 1 is 0.511 bits per heavy atom. The molecule has 0 aromatic heterocycles. The number of aliphatic carboxylic acids is 2. The Morgan fingerprint density at radius 2 is 0.733 bits per heavy atom. The van der Waals surface area contributed by atoms with E-state index in [1.54, 1.807) is 6.92 Å². The molecule has 0 unspecified atom stereocenters. The van der Waals surface area contributed by atoms with E-state index in [-0.39, 0.29) is 18.6 Å². The van der Waals surface area contributed by atoms with Gasteiger partial charge in [0.1, 0.15) is 5.78 Å². The van der Waals surface area contributed by atoms with E-state index >= 15 is 0 Å². The molecule has 0 bridgehead atoms. The molecule has 0 rings (SSSR count). The average Bonchev–Trinajstić information content (AvgIpc) is 3.01. The summed E-state index contributed by atoms with van der Waals surface area (Å²) in [7, 11) is 0. The van der Waals surface area contributed by atoms with Crippen LogP contribution in [0.2, 0.25) is 0 Å². The van der Waals surface area contributed by atoms with Crippen LogP contribution in [0.15, 0.2) is 0 Å². The van der Waals surface area contributed by atoms with Crippen molar-refractivity contribution in [2.75, 3.05) is 52.9 Å². The van der Waals surface area contributed by atoms with Gasteiger partial charge in [-0.25, -0.2) is 5.90 Å². The minimum Gasteiger partial charge on any atom is -0.481 e. The van der Waals surface area contributed by atoms with Gasteiger partial charge in [0.25, 0.3) is 0 Å². The molecule has 13 nitrogen and oxygen atoms in total. The first kappa shape index (κ1) is 49.7. The molecular formula is C32H66N2O11. The molecule has 1 amide bonds. The molecule has 0 aliphatic carbocycles. The van der Waals surface area contributed by atoms with E-state index in [1.807, 2.05) is 6.92 Å². The van der Waals surface area contributed by atoms with Crippen molar-refractivity contribution in [3.05, 3.63) is 0 Å². The second-order valence-corrected chi connectivity index (χ2v) is 10.2. The van der Waals surface area contributed by atoms with Gasteiger partial charge in [0.15, 0.2) is 0 Å². The van der Waals surface area contributed by atoms with E-state index in [2.05, 4.69) is 11.6 Å². The highest BCUT2D eigenvalue weighted by molar-refractivity contribution is 5.74. The second kappa shape index (κ2) is 48.7. The molecule has 270 valence electrons. The molecule has 7 N–H and O–H groups in total. The van der Waals surface area contributed by atoms with E-state index in [4.69, 9.17) is 39.2 Å². The molecule has 0 atom stereocenters. The molecule has 0 spiro atoms. The number of carboxylic acids is 2. The largest absolute Gasteiger partial charge is 0.481 e. The first-order chi connectivity index (χ1) is 21.8. The maximum absolute atomic E-state index is 10.4. The second-order valence-electron chi connectivity index (χ2n) is 10.2. The van der Waals surface area contributed by atoms with E-state index < -0.39 is 11.9 Å². The van der Waals surface area contributed by atoms with Crippen LogP contribution < -0.4 is 11.6 Å². The van der Waals surface area contributed by atoms with E-state index in [9.17, 15) is 14.4 Å². The van der Waals surface area contributed by atoms with E-state index in [0.29, 0.717) is 65.5 Å². The van der Waals surface area contributed by atoms with Gasteiger partial charge in [-0.1, -0.05) is 84.0 Å². The highest BCUT2D eigenvalue weighted by Gasteiger charge is 1.98. The fraction of sp³-hybridized carbons (Fsp3) is 0.875. The number of carbonyl (C=O) groups excluding carboxylic acids is 2. The highest BCUT2D eigenvalue weighted by atomic mass is 16.6. The molecule has 0 saturated heterocycles. The number of carbonyl (C=O) groups is 4. The summed E-state index contributed by atoms with van der Waals surface area (Å²) in [6.45, 7) is 7.91. The van der Waals surface area contributed by atoms with E-state index in [0.717, 1.165) is 25.9 Å². The SMILES string of the molecule is CCC(C)=O.NC=O.NO.O=C(O)CCCCCCCCCCCCCCCCOCCOCCOCCOCCCC(=O)O. The Bertz CT molecular complexity index is 572. The molecule has 13 heteroatoms. The number of rotatable bonds is 31. The van der Waals surface area contributed by atoms with Crippen LogP contribution >= 0.6 is 0 Å². The lowest BCUT2D eigenvalue weighted by Crippen LogP contribution is -2.12. The fourth-order valence-electron chi connectivity index (χ4n) is 3.69. The Labute approximate surface area is 271 Å². The quantitative estimate of drug-likeness (QED) is 0.0367. The summed E-state index contributed by atoms with van der Waals surface area (Å²) >= 11 is 0. The number of hydrogen-bond donors (Lipinski definition) is 5. The van der Waals surface area contributed by atoms with Gasteiger partial charge in [0, 0.05) is 32.5 Å². The molecule has 0 saturated carbocycles. The maximum Gasteiger partial charge on any atom is 0.303 e. The third-order valence-corrected chi connectivity index (χ3v) is 6.22. The summed E-state index contributed by atoms with van der Waals surface area (Å²) in [5, 5.41) is 23.6. The summed E-state index contributed by atoms with van der Waals surface area (Å²) in [5.74, 6) is 2.28. The number of primary amides is 1. The molecule has 45 heavy (non-hydrogen) atoms. The highest BCUT2D eigenvalue weighted by Crippen LogP contribution is 2.13. The third kappa shape index (κ3) is 65.5. The van der Waals surface area contributed by atoms with Crippen LogP contribution in [-0.2, 0) is 38.1 Å². The summed E-state index contributed by atoms with van der Waals surface area (Å²) in [4.78, 5) is 39.2. The lowest BCUT2D eigenvalue weighted by Gasteiger charge is -2.07. The van der Waals surface area contributed by atoms with Crippen molar-refractivity contribution in [2.45, 2.75) is 129 Å². The standard InChI is InChI=1S/C27H52O8.C4H8O.CH3NO.H3NO/c28-26(29)16-13-11-9-7-5-3-1-2-4-6-8-10-12-14-18-32-20-22-34-24-25-35-23-21-33-19-15-17-27(30)31;1-3-4(2)5;2-1-3;1-2/h1-25H2,(H,28,29)(H,30,31);3H2,1-2H3;1H,(H2,2,3);2H,1H2. The van der Waals surface area contributed by atoms with Gasteiger partial charge in [-0.15, -0.1) is 0 Å². The van der Waals surface area contributed by atoms with Crippen molar-refractivity contribution < 1.29 is 53.5 Å². The van der Waals surface area contributed by atoms with Crippen LogP contribution in [0.3, 0.4) is 0 Å². The fourth-order valence-corrected chi connectivity index (χ4v) is 3.69. The van der Waals surface area contributed by atoms with Gasteiger partial charge in [-0.2, -0.15) is 0 Å². The number of ketones is 1. The summed E-state index contributed by atoms with van der Waals surface area (Å²) in [6, 6.07) is 0. The number of nitrogens with two attached hydrogens (primary N) is 2.